The number of amides is 1. The number of rotatable bonds is 5. The molecule has 2 heterocycles. The molecule has 0 N–H and O–H groups in total. The summed E-state index contributed by atoms with van der Waals surface area (Å²) in [5.74, 6) is 1.18. The SMILES string of the molecule is COc1cc(OC)cc(N2C(=O)C[C@]3(c4ccccc4)O[C@H](OC)CC=C23)c1. The number of carbonyl (C=O) groups is 1. The van der Waals surface area contributed by atoms with Crippen LogP contribution in [-0.2, 0) is 19.9 Å². The molecule has 0 unspecified atom stereocenters. The molecule has 146 valence electrons. The maximum absolute atomic E-state index is 13.2. The number of hydrogen-bond donors (Lipinski definition) is 0. The van der Waals surface area contributed by atoms with Gasteiger partial charge in [-0.05, 0) is 5.56 Å². The van der Waals surface area contributed by atoms with Crippen molar-refractivity contribution in [1.82, 2.24) is 0 Å². The maximum Gasteiger partial charge on any atom is 0.235 e. The fourth-order valence-corrected chi connectivity index (χ4v) is 3.91. The average molecular weight is 381 g/mol. The van der Waals surface area contributed by atoms with Crippen LogP contribution < -0.4 is 14.4 Å². The van der Waals surface area contributed by atoms with Crippen LogP contribution >= 0.6 is 0 Å². The number of hydrogen-bond acceptors (Lipinski definition) is 5. The van der Waals surface area contributed by atoms with Crippen molar-refractivity contribution in [2.75, 3.05) is 26.2 Å². The Balaban J connectivity index is 1.85. The van der Waals surface area contributed by atoms with Crippen molar-refractivity contribution in [1.29, 1.82) is 0 Å². The molecule has 1 fully saturated rings. The molecule has 2 aliphatic heterocycles. The van der Waals surface area contributed by atoms with E-state index in [1.54, 1.807) is 32.3 Å². The lowest BCUT2D eigenvalue weighted by atomic mass is 9.87. The molecule has 6 heteroatoms. The topological polar surface area (TPSA) is 57.2 Å². The van der Waals surface area contributed by atoms with E-state index in [2.05, 4.69) is 0 Å². The monoisotopic (exact) mass is 381 g/mol. The summed E-state index contributed by atoms with van der Waals surface area (Å²) in [6.07, 6.45) is 2.38. The van der Waals surface area contributed by atoms with Gasteiger partial charge >= 0.3 is 0 Å². The van der Waals surface area contributed by atoms with Crippen molar-refractivity contribution >= 4 is 11.6 Å². The molecule has 6 nitrogen and oxygen atoms in total. The number of ether oxygens (including phenoxy) is 4. The van der Waals surface area contributed by atoms with Gasteiger partial charge in [0.05, 0.1) is 32.0 Å². The van der Waals surface area contributed by atoms with E-state index in [0.717, 1.165) is 11.3 Å². The minimum absolute atomic E-state index is 0.0536. The Morgan fingerprint density at radius 3 is 2.32 bits per heavy atom. The van der Waals surface area contributed by atoms with Gasteiger partial charge in [0.15, 0.2) is 6.29 Å². The Bertz CT molecular complexity index is 888. The number of carbonyl (C=O) groups excluding carboxylic acids is 1. The number of nitrogens with zero attached hydrogens (tertiary/aromatic N) is 1. The molecule has 2 aromatic carbocycles. The Morgan fingerprint density at radius 2 is 1.71 bits per heavy atom. The van der Waals surface area contributed by atoms with E-state index in [1.807, 2.05) is 48.5 Å². The molecule has 2 aliphatic rings. The zero-order valence-electron chi connectivity index (χ0n) is 16.2. The molecule has 1 saturated heterocycles. The fraction of sp³-hybridized carbons (Fsp3) is 0.318. The molecule has 2 atom stereocenters. The van der Waals surface area contributed by atoms with Crippen molar-refractivity contribution in [2.24, 2.45) is 0 Å². The highest BCUT2D eigenvalue weighted by Gasteiger charge is 2.53. The summed E-state index contributed by atoms with van der Waals surface area (Å²) >= 11 is 0. The van der Waals surface area contributed by atoms with Gasteiger partial charge in [0, 0.05) is 31.7 Å². The predicted octanol–water partition coefficient (Wildman–Crippen LogP) is 3.61. The van der Waals surface area contributed by atoms with Crippen LogP contribution in [0.1, 0.15) is 18.4 Å². The standard InChI is InChI=1S/C22H23NO5/c1-25-17-11-16(12-18(13-17)26-2)23-19-9-10-21(27-3)28-22(19,14-20(23)24)15-7-5-4-6-8-15/h4-9,11-13,21H,10,14H2,1-3H3/t21-,22+/m0/s1. The zero-order chi connectivity index (χ0) is 19.7. The second-order valence-corrected chi connectivity index (χ2v) is 6.78. The van der Waals surface area contributed by atoms with Crippen LogP contribution in [0.5, 0.6) is 11.5 Å². The van der Waals surface area contributed by atoms with Gasteiger partial charge in [0.25, 0.3) is 0 Å². The van der Waals surface area contributed by atoms with Crippen LogP contribution in [-0.4, -0.2) is 33.5 Å². The van der Waals surface area contributed by atoms with E-state index in [4.69, 9.17) is 18.9 Å². The van der Waals surface area contributed by atoms with Crippen LogP contribution in [0.15, 0.2) is 60.3 Å². The van der Waals surface area contributed by atoms with Crippen LogP contribution in [0.3, 0.4) is 0 Å². The minimum Gasteiger partial charge on any atom is -0.497 e. The summed E-state index contributed by atoms with van der Waals surface area (Å²) in [5.41, 5.74) is 1.53. The third kappa shape index (κ3) is 2.95. The molecule has 1 amide bonds. The number of benzene rings is 2. The van der Waals surface area contributed by atoms with Crippen molar-refractivity contribution in [3.63, 3.8) is 0 Å². The molecule has 28 heavy (non-hydrogen) atoms. The molecule has 0 saturated carbocycles. The minimum atomic E-state index is -0.881. The Hall–Kier alpha value is -2.83. The molecule has 4 rings (SSSR count). The summed E-state index contributed by atoms with van der Waals surface area (Å²) in [4.78, 5) is 14.9. The summed E-state index contributed by atoms with van der Waals surface area (Å²) in [7, 11) is 4.79. The largest absolute Gasteiger partial charge is 0.497 e. The van der Waals surface area contributed by atoms with E-state index in [0.29, 0.717) is 23.6 Å². The van der Waals surface area contributed by atoms with E-state index in [-0.39, 0.29) is 12.3 Å². The van der Waals surface area contributed by atoms with E-state index in [1.165, 1.54) is 0 Å². The first-order chi connectivity index (χ1) is 13.6. The Morgan fingerprint density at radius 1 is 1.04 bits per heavy atom. The molecule has 0 aliphatic carbocycles. The van der Waals surface area contributed by atoms with Crippen LogP contribution in [0.25, 0.3) is 0 Å². The first-order valence-electron chi connectivity index (χ1n) is 9.14. The molecule has 0 radical (unpaired) electrons. The van der Waals surface area contributed by atoms with Gasteiger partial charge in [-0.2, -0.15) is 0 Å². The predicted molar refractivity (Wildman–Crippen MR) is 104 cm³/mol. The third-order valence-electron chi connectivity index (χ3n) is 5.24. The highest BCUT2D eigenvalue weighted by molar-refractivity contribution is 6.02. The summed E-state index contributed by atoms with van der Waals surface area (Å²) in [6, 6.07) is 15.2. The lowest BCUT2D eigenvalue weighted by Crippen LogP contribution is -2.39. The number of fused-ring (bicyclic) bond motifs is 1. The Kier molecular flexibility index (Phi) is 4.83. The molecule has 0 aromatic heterocycles. The van der Waals surface area contributed by atoms with Gasteiger partial charge in [-0.25, -0.2) is 0 Å². The van der Waals surface area contributed by atoms with Gasteiger partial charge in [0.1, 0.15) is 17.1 Å². The zero-order valence-corrected chi connectivity index (χ0v) is 16.2. The first-order valence-corrected chi connectivity index (χ1v) is 9.14. The molecule has 0 bridgehead atoms. The molecular formula is C22H23NO5. The molecular weight excluding hydrogens is 358 g/mol. The average Bonchev–Trinajstić information content (AvgIpc) is 3.05. The van der Waals surface area contributed by atoms with Crippen molar-refractivity contribution in [3.05, 3.63) is 65.9 Å². The van der Waals surface area contributed by atoms with Gasteiger partial charge < -0.3 is 18.9 Å². The number of methoxy groups -OCH3 is 3. The smallest absolute Gasteiger partial charge is 0.235 e. The number of anilines is 1. The lowest BCUT2D eigenvalue weighted by Gasteiger charge is -2.38. The van der Waals surface area contributed by atoms with Gasteiger partial charge in [-0.1, -0.05) is 36.4 Å². The highest BCUT2D eigenvalue weighted by Crippen LogP contribution is 2.50. The van der Waals surface area contributed by atoms with Crippen molar-refractivity contribution in [2.45, 2.75) is 24.7 Å². The second-order valence-electron chi connectivity index (χ2n) is 6.78. The second kappa shape index (κ2) is 7.30. The van der Waals surface area contributed by atoms with E-state index >= 15 is 0 Å². The van der Waals surface area contributed by atoms with Gasteiger partial charge in [-0.15, -0.1) is 0 Å². The lowest BCUT2D eigenvalue weighted by molar-refractivity contribution is -0.194. The molecule has 0 spiro atoms. The van der Waals surface area contributed by atoms with E-state index < -0.39 is 11.9 Å². The summed E-state index contributed by atoms with van der Waals surface area (Å²) in [6.45, 7) is 0. The van der Waals surface area contributed by atoms with Crippen LogP contribution in [0.2, 0.25) is 0 Å². The third-order valence-corrected chi connectivity index (χ3v) is 5.24. The first kappa shape index (κ1) is 18.5. The van der Waals surface area contributed by atoms with Gasteiger partial charge in [0.2, 0.25) is 5.91 Å². The summed E-state index contributed by atoms with van der Waals surface area (Å²) in [5, 5.41) is 0. The quantitative estimate of drug-likeness (QED) is 0.792. The van der Waals surface area contributed by atoms with Crippen molar-refractivity contribution in [3.8, 4) is 11.5 Å². The Labute approximate surface area is 164 Å². The highest BCUT2D eigenvalue weighted by atomic mass is 16.7. The molecule has 2 aromatic rings. The van der Waals surface area contributed by atoms with Crippen molar-refractivity contribution < 1.29 is 23.7 Å². The van der Waals surface area contributed by atoms with Crippen LogP contribution in [0, 0.1) is 0 Å². The van der Waals surface area contributed by atoms with Gasteiger partial charge in [-0.3, -0.25) is 9.69 Å². The fourth-order valence-electron chi connectivity index (χ4n) is 3.91. The maximum atomic E-state index is 13.2. The summed E-state index contributed by atoms with van der Waals surface area (Å²) < 4.78 is 22.6. The van der Waals surface area contributed by atoms with Crippen LogP contribution in [0.4, 0.5) is 5.69 Å². The normalized spacial score (nSPS) is 24.0. The van der Waals surface area contributed by atoms with E-state index in [9.17, 15) is 4.79 Å².